The zero-order valence-electron chi connectivity index (χ0n) is 45.9. The van der Waals surface area contributed by atoms with Gasteiger partial charge in [-0.15, -0.1) is 12.4 Å². The van der Waals surface area contributed by atoms with Crippen molar-refractivity contribution in [3.8, 4) is 0 Å². The van der Waals surface area contributed by atoms with Crippen LogP contribution < -0.4 is 36.4 Å². The van der Waals surface area contributed by atoms with Crippen molar-refractivity contribution in [1.29, 1.82) is 0 Å². The quantitative estimate of drug-likeness (QED) is 0.0794. The average Bonchev–Trinajstić information content (AvgIpc) is 3.81. The number of carbonyl (C=O) groups is 4. The number of halogens is 1. The van der Waals surface area contributed by atoms with Gasteiger partial charge in [0, 0.05) is 62.3 Å². The number of para-hydroxylation sites is 4. The second-order valence-corrected chi connectivity index (χ2v) is 22.4. The van der Waals surface area contributed by atoms with Crippen molar-refractivity contribution in [1.82, 2.24) is 40.4 Å². The molecule has 0 aliphatic carbocycles. The molecule has 0 radical (unpaired) electrons. The number of anilines is 6. The van der Waals surface area contributed by atoms with E-state index in [1.807, 2.05) is 119 Å². The first-order valence-electron chi connectivity index (χ1n) is 27.1. The standard InChI is InChI=1S/C33H44N6O2.C27H32N6O2.ClH/c1-23-18-25(32(41)39-22-27-21-35-37(5)31(27)36-28-8-6-7-9-29(28)39)10-11-26(23)20-34-30(40)19-24-12-15-38(16-13-24)17-14-33(2,3)4;1-18-13-20(7-8-21(18)15-29-25(34)14-19-9-11-28-12-10-19)27(35)33-17-22-16-30-32(2)26(22)31-23-5-3-4-6-24(23)33;/h6-11,18,21,24,36H,12-17,19-20,22H2,1-5H3,(H,34,40);3-8,13,16,19,28,31H,9-12,14-15,17H2,1-2H3,(H,29,34);1H. The van der Waals surface area contributed by atoms with E-state index in [1.54, 1.807) is 25.4 Å². The van der Waals surface area contributed by atoms with Crippen LogP contribution in [0.3, 0.4) is 0 Å². The third-order valence-corrected chi connectivity index (χ3v) is 15.5. The Morgan fingerprint density at radius 1 is 0.623 bits per heavy atom. The first-order chi connectivity index (χ1) is 36.6. The maximum absolute atomic E-state index is 13.8. The Morgan fingerprint density at radius 2 is 1.06 bits per heavy atom. The van der Waals surface area contributed by atoms with E-state index >= 15 is 0 Å². The molecule has 2 aromatic heterocycles. The molecule has 408 valence electrons. The number of nitrogens with one attached hydrogen (secondary N) is 5. The molecule has 16 nitrogen and oxygen atoms in total. The van der Waals surface area contributed by atoms with Crippen molar-refractivity contribution in [3.05, 3.63) is 142 Å². The molecule has 4 aromatic carbocycles. The molecule has 0 bridgehead atoms. The molecule has 4 aliphatic heterocycles. The maximum Gasteiger partial charge on any atom is 0.258 e. The number of aromatic nitrogens is 4. The lowest BCUT2D eigenvalue weighted by Crippen LogP contribution is -2.37. The highest BCUT2D eigenvalue weighted by atomic mass is 35.5. The van der Waals surface area contributed by atoms with Gasteiger partial charge in [-0.3, -0.25) is 28.5 Å². The van der Waals surface area contributed by atoms with Crippen LogP contribution >= 0.6 is 12.4 Å². The van der Waals surface area contributed by atoms with Crippen molar-refractivity contribution in [2.24, 2.45) is 31.3 Å². The number of amides is 4. The van der Waals surface area contributed by atoms with Crippen molar-refractivity contribution in [3.63, 3.8) is 0 Å². The third-order valence-electron chi connectivity index (χ3n) is 15.5. The summed E-state index contributed by atoms with van der Waals surface area (Å²) in [5.41, 5.74) is 11.0. The normalized spacial score (nSPS) is 15.6. The largest absolute Gasteiger partial charge is 0.352 e. The van der Waals surface area contributed by atoms with E-state index in [-0.39, 0.29) is 36.0 Å². The monoisotopic (exact) mass is 1060 g/mol. The van der Waals surface area contributed by atoms with Gasteiger partial charge in [-0.25, -0.2) is 0 Å². The molecule has 5 N–H and O–H groups in total. The molecule has 0 unspecified atom stereocenters. The molecule has 6 aromatic rings. The van der Waals surface area contributed by atoms with Crippen LogP contribution in [0.2, 0.25) is 0 Å². The molecule has 2 fully saturated rings. The number of fused-ring (bicyclic) bond motifs is 4. The van der Waals surface area contributed by atoms with Gasteiger partial charge in [0.05, 0.1) is 48.2 Å². The van der Waals surface area contributed by atoms with E-state index in [2.05, 4.69) is 62.5 Å². The highest BCUT2D eigenvalue weighted by Gasteiger charge is 2.30. The summed E-state index contributed by atoms with van der Waals surface area (Å²) in [5, 5.41) is 25.1. The second kappa shape index (κ2) is 25.0. The number of aryl methyl sites for hydroxylation is 4. The van der Waals surface area contributed by atoms with E-state index < -0.39 is 0 Å². The highest BCUT2D eigenvalue weighted by Crippen LogP contribution is 2.38. The average molecular weight is 1070 g/mol. The van der Waals surface area contributed by atoms with E-state index in [9.17, 15) is 19.2 Å². The van der Waals surface area contributed by atoms with E-state index in [0.29, 0.717) is 67.4 Å². The van der Waals surface area contributed by atoms with Gasteiger partial charge < -0.3 is 41.3 Å². The van der Waals surface area contributed by atoms with Gasteiger partial charge in [0.15, 0.2) is 0 Å². The number of carbonyl (C=O) groups excluding carboxylic acids is 4. The first kappa shape index (κ1) is 56.2. The summed E-state index contributed by atoms with van der Waals surface area (Å²) in [6, 6.07) is 27.2. The molecule has 10 rings (SSSR count). The Balaban J connectivity index is 0.000000203. The Morgan fingerprint density at radius 3 is 1.51 bits per heavy atom. The van der Waals surface area contributed by atoms with Crippen LogP contribution in [0.1, 0.15) is 120 Å². The van der Waals surface area contributed by atoms with Gasteiger partial charge in [-0.2, -0.15) is 10.2 Å². The topological polar surface area (TPSA) is 174 Å². The van der Waals surface area contributed by atoms with Crippen molar-refractivity contribution in [2.45, 2.75) is 106 Å². The summed E-state index contributed by atoms with van der Waals surface area (Å²) in [5.74, 6) is 2.76. The highest BCUT2D eigenvalue weighted by molar-refractivity contribution is 6.09. The number of rotatable bonds is 12. The summed E-state index contributed by atoms with van der Waals surface area (Å²) >= 11 is 0. The smallest absolute Gasteiger partial charge is 0.258 e. The number of nitrogens with zero attached hydrogens (tertiary/aromatic N) is 7. The maximum atomic E-state index is 13.8. The second-order valence-electron chi connectivity index (χ2n) is 22.4. The molecule has 0 atom stereocenters. The van der Waals surface area contributed by atoms with Gasteiger partial charge >= 0.3 is 0 Å². The van der Waals surface area contributed by atoms with Crippen LogP contribution in [0.25, 0.3) is 0 Å². The summed E-state index contributed by atoms with van der Waals surface area (Å²) in [7, 11) is 3.78. The molecule has 6 heterocycles. The van der Waals surface area contributed by atoms with Crippen LogP contribution in [-0.2, 0) is 49.9 Å². The molecule has 4 aliphatic rings. The van der Waals surface area contributed by atoms with Crippen molar-refractivity contribution >= 4 is 70.4 Å². The summed E-state index contributed by atoms with van der Waals surface area (Å²) in [4.78, 5) is 58.8. The fourth-order valence-electron chi connectivity index (χ4n) is 10.7. The van der Waals surface area contributed by atoms with Crippen LogP contribution in [0, 0.1) is 31.1 Å². The lowest BCUT2D eigenvalue weighted by atomic mass is 9.90. The molecule has 17 heteroatoms. The Bertz CT molecular complexity index is 3050. The molecule has 4 amide bonds. The predicted octanol–water partition coefficient (Wildman–Crippen LogP) is 9.85. The zero-order valence-corrected chi connectivity index (χ0v) is 46.7. The molecule has 77 heavy (non-hydrogen) atoms. The minimum absolute atomic E-state index is 0. The number of piperidine rings is 2. The lowest BCUT2D eigenvalue weighted by Gasteiger charge is -2.33. The Labute approximate surface area is 460 Å². The Kier molecular flexibility index (Phi) is 18.2. The SMILES string of the molecule is Cc1cc(C(=O)N2Cc3cnn(C)c3Nc3ccccc32)ccc1CNC(=O)CC1CCN(CCC(C)(C)C)CC1.Cc1cc(C(=O)N2Cc3cnn(C)c3Nc3ccccc32)ccc1CNC(=O)CC1CCNCC1.Cl. The van der Waals surface area contributed by atoms with E-state index in [0.717, 1.165) is 126 Å². The summed E-state index contributed by atoms with van der Waals surface area (Å²) < 4.78 is 3.59. The zero-order chi connectivity index (χ0) is 53.5. The molecular weight excluding hydrogens is 988 g/mol. The lowest BCUT2D eigenvalue weighted by molar-refractivity contribution is -0.123. The van der Waals surface area contributed by atoms with Crippen LogP contribution in [0.4, 0.5) is 34.4 Å². The number of hydrogen-bond donors (Lipinski definition) is 5. The van der Waals surface area contributed by atoms with Crippen LogP contribution in [0.15, 0.2) is 97.3 Å². The number of benzene rings is 4. The van der Waals surface area contributed by atoms with Crippen LogP contribution in [-0.4, -0.2) is 80.8 Å². The van der Waals surface area contributed by atoms with Crippen LogP contribution in [0.5, 0.6) is 0 Å². The van der Waals surface area contributed by atoms with Gasteiger partial charge in [0.2, 0.25) is 11.8 Å². The Hall–Kier alpha value is -7.01. The van der Waals surface area contributed by atoms with Crippen molar-refractivity contribution in [2.75, 3.05) is 53.2 Å². The molecule has 2 saturated heterocycles. The first-order valence-corrected chi connectivity index (χ1v) is 27.1. The third kappa shape index (κ3) is 13.9. The summed E-state index contributed by atoms with van der Waals surface area (Å²) in [6.07, 6.45) is 10.3. The minimum atomic E-state index is -0.0689. The van der Waals surface area contributed by atoms with Gasteiger partial charge in [-0.05, 0) is 167 Å². The number of likely N-dealkylation sites (tertiary alicyclic amines) is 1. The van der Waals surface area contributed by atoms with E-state index in [4.69, 9.17) is 0 Å². The van der Waals surface area contributed by atoms with Gasteiger partial charge in [0.25, 0.3) is 11.8 Å². The fraction of sp³-hybridized carbons (Fsp3) is 0.433. The van der Waals surface area contributed by atoms with E-state index in [1.165, 1.54) is 6.42 Å². The summed E-state index contributed by atoms with van der Waals surface area (Å²) in [6.45, 7) is 18.0. The predicted molar refractivity (Wildman–Crippen MR) is 308 cm³/mol. The van der Waals surface area contributed by atoms with Gasteiger partial charge in [-0.1, -0.05) is 57.2 Å². The van der Waals surface area contributed by atoms with Gasteiger partial charge in [0.1, 0.15) is 11.6 Å². The van der Waals surface area contributed by atoms with Crippen molar-refractivity contribution < 1.29 is 19.2 Å². The molecule has 0 spiro atoms. The molecule has 0 saturated carbocycles. The minimum Gasteiger partial charge on any atom is -0.352 e. The number of hydrogen-bond acceptors (Lipinski definition) is 10. The fourth-order valence-corrected chi connectivity index (χ4v) is 10.7. The molecular formula is C60H77ClN12O4.